The van der Waals surface area contributed by atoms with Gasteiger partial charge in [0.2, 0.25) is 0 Å². The fourth-order valence-corrected chi connectivity index (χ4v) is 2.09. The molecule has 1 heterocycles. The second-order valence-corrected chi connectivity index (χ2v) is 5.45. The quantitative estimate of drug-likeness (QED) is 0.642. The van der Waals surface area contributed by atoms with Crippen molar-refractivity contribution in [1.82, 2.24) is 25.8 Å². The minimum absolute atomic E-state index is 0.218. The molecule has 0 unspecified atom stereocenters. The molecule has 1 saturated carbocycles. The molecule has 0 spiro atoms. The Kier molecular flexibility index (Phi) is 4.22. The van der Waals surface area contributed by atoms with Crippen LogP contribution < -0.4 is 10.6 Å². The Labute approximate surface area is 132 Å². The summed E-state index contributed by atoms with van der Waals surface area (Å²) in [6.07, 6.45) is 2.26. The number of carboxylic acids is 1. The monoisotopic (exact) mass is 315 g/mol. The van der Waals surface area contributed by atoms with Crippen molar-refractivity contribution >= 4 is 12.0 Å². The Morgan fingerprint density at radius 2 is 1.87 bits per heavy atom. The first kappa shape index (κ1) is 15.0. The largest absolute Gasteiger partial charge is 0.478 e. The molecule has 1 fully saturated rings. The summed E-state index contributed by atoms with van der Waals surface area (Å²) in [6.45, 7) is 0.596. The summed E-state index contributed by atoms with van der Waals surface area (Å²) in [4.78, 5) is 26.8. The maximum Gasteiger partial charge on any atom is 0.335 e. The van der Waals surface area contributed by atoms with Crippen molar-refractivity contribution in [3.63, 3.8) is 0 Å². The summed E-state index contributed by atoms with van der Waals surface area (Å²) in [5.41, 5.74) is 1.04. The molecule has 0 radical (unpaired) electrons. The van der Waals surface area contributed by atoms with Gasteiger partial charge in [-0.1, -0.05) is 12.1 Å². The second-order valence-electron chi connectivity index (χ2n) is 5.45. The number of carbonyl (C=O) groups excluding carboxylic acids is 1. The fraction of sp³-hybridized carbons (Fsp3) is 0.333. The van der Waals surface area contributed by atoms with E-state index >= 15 is 0 Å². The average Bonchev–Trinajstić information content (AvgIpc) is 3.30. The Bertz CT molecular complexity index is 706. The normalized spacial score (nSPS) is 13.6. The van der Waals surface area contributed by atoms with E-state index in [1.54, 1.807) is 12.1 Å². The average molecular weight is 315 g/mol. The van der Waals surface area contributed by atoms with Gasteiger partial charge in [0.05, 0.1) is 12.1 Å². The third-order valence-corrected chi connectivity index (χ3v) is 3.56. The Hall–Kier alpha value is -2.90. The Balaban J connectivity index is 1.42. The number of carbonyl (C=O) groups is 2. The number of benzene rings is 1. The number of nitrogens with zero attached hydrogens (tertiary/aromatic N) is 2. The minimum atomic E-state index is -0.972. The van der Waals surface area contributed by atoms with Crippen LogP contribution in [0.4, 0.5) is 4.79 Å². The van der Waals surface area contributed by atoms with Gasteiger partial charge in [-0.2, -0.15) is 5.10 Å². The number of aromatic nitrogens is 3. The topological polar surface area (TPSA) is 120 Å². The molecule has 2 aromatic rings. The van der Waals surface area contributed by atoms with E-state index in [1.165, 1.54) is 12.1 Å². The molecule has 2 amide bonds. The van der Waals surface area contributed by atoms with Crippen LogP contribution in [0.15, 0.2) is 24.3 Å². The number of aromatic carboxylic acids is 1. The van der Waals surface area contributed by atoms with Gasteiger partial charge in [0.15, 0.2) is 5.82 Å². The molecule has 1 aliphatic rings. The first-order valence-corrected chi connectivity index (χ1v) is 7.37. The number of rotatable bonds is 6. The van der Waals surface area contributed by atoms with E-state index in [0.717, 1.165) is 24.2 Å². The third-order valence-electron chi connectivity index (χ3n) is 3.56. The van der Waals surface area contributed by atoms with Gasteiger partial charge in [0, 0.05) is 12.5 Å². The number of amides is 2. The van der Waals surface area contributed by atoms with Gasteiger partial charge in [0.25, 0.3) is 0 Å². The van der Waals surface area contributed by atoms with E-state index in [-0.39, 0.29) is 18.1 Å². The van der Waals surface area contributed by atoms with E-state index in [9.17, 15) is 9.59 Å². The Morgan fingerprint density at radius 3 is 2.52 bits per heavy atom. The summed E-state index contributed by atoms with van der Waals surface area (Å²) < 4.78 is 0. The molecule has 23 heavy (non-hydrogen) atoms. The SMILES string of the molecule is O=C(NCc1ccc(C(=O)O)cc1)NCc1nc(C2CC2)n[nH]1. The predicted octanol–water partition coefficient (Wildman–Crippen LogP) is 1.38. The molecule has 120 valence electrons. The van der Waals surface area contributed by atoms with Crippen molar-refractivity contribution in [3.05, 3.63) is 47.0 Å². The van der Waals surface area contributed by atoms with Gasteiger partial charge in [-0.3, -0.25) is 5.10 Å². The van der Waals surface area contributed by atoms with E-state index in [2.05, 4.69) is 25.8 Å². The van der Waals surface area contributed by atoms with Gasteiger partial charge in [-0.15, -0.1) is 0 Å². The number of carboxylic acid groups (broad SMARTS) is 1. The summed E-state index contributed by atoms with van der Waals surface area (Å²) >= 11 is 0. The van der Waals surface area contributed by atoms with Crippen LogP contribution in [0.1, 0.15) is 46.3 Å². The number of aromatic amines is 1. The molecule has 0 saturated heterocycles. The number of hydrogen-bond acceptors (Lipinski definition) is 4. The summed E-state index contributed by atoms with van der Waals surface area (Å²) in [5.74, 6) is 0.955. The highest BCUT2D eigenvalue weighted by atomic mass is 16.4. The van der Waals surface area contributed by atoms with Crippen LogP contribution in [0.2, 0.25) is 0 Å². The van der Waals surface area contributed by atoms with Crippen LogP contribution in [0, 0.1) is 0 Å². The van der Waals surface area contributed by atoms with Crippen LogP contribution in [0.25, 0.3) is 0 Å². The molecule has 4 N–H and O–H groups in total. The number of urea groups is 1. The molecule has 1 aromatic carbocycles. The number of H-pyrrole nitrogens is 1. The zero-order valence-electron chi connectivity index (χ0n) is 12.4. The second kappa shape index (κ2) is 6.47. The number of nitrogens with one attached hydrogen (secondary N) is 3. The number of hydrogen-bond donors (Lipinski definition) is 4. The molecular weight excluding hydrogens is 298 g/mol. The van der Waals surface area contributed by atoms with Crippen molar-refractivity contribution in [2.75, 3.05) is 0 Å². The lowest BCUT2D eigenvalue weighted by molar-refractivity contribution is 0.0697. The maximum absolute atomic E-state index is 11.7. The lowest BCUT2D eigenvalue weighted by Crippen LogP contribution is -2.34. The highest BCUT2D eigenvalue weighted by Crippen LogP contribution is 2.37. The highest BCUT2D eigenvalue weighted by molar-refractivity contribution is 5.87. The molecule has 0 aliphatic heterocycles. The molecule has 0 bridgehead atoms. The van der Waals surface area contributed by atoms with Crippen molar-refractivity contribution in [2.45, 2.75) is 31.8 Å². The van der Waals surface area contributed by atoms with Crippen LogP contribution in [-0.2, 0) is 13.1 Å². The summed E-state index contributed by atoms with van der Waals surface area (Å²) in [7, 11) is 0. The van der Waals surface area contributed by atoms with Gasteiger partial charge in [-0.05, 0) is 30.5 Å². The van der Waals surface area contributed by atoms with E-state index < -0.39 is 5.97 Å². The summed E-state index contributed by atoms with van der Waals surface area (Å²) in [5, 5.41) is 21.1. The first-order valence-electron chi connectivity index (χ1n) is 7.37. The first-order chi connectivity index (χ1) is 11.1. The smallest absolute Gasteiger partial charge is 0.335 e. The van der Waals surface area contributed by atoms with Crippen molar-refractivity contribution < 1.29 is 14.7 Å². The molecule has 8 nitrogen and oxygen atoms in total. The molecule has 0 atom stereocenters. The van der Waals surface area contributed by atoms with Gasteiger partial charge in [-0.25, -0.2) is 14.6 Å². The predicted molar refractivity (Wildman–Crippen MR) is 80.8 cm³/mol. The summed E-state index contributed by atoms with van der Waals surface area (Å²) in [6, 6.07) is 6.03. The highest BCUT2D eigenvalue weighted by Gasteiger charge is 2.27. The molecular formula is C15H17N5O3. The van der Waals surface area contributed by atoms with E-state index in [0.29, 0.717) is 18.3 Å². The molecule has 1 aliphatic carbocycles. The van der Waals surface area contributed by atoms with Crippen LogP contribution in [0.5, 0.6) is 0 Å². The van der Waals surface area contributed by atoms with Crippen LogP contribution in [-0.4, -0.2) is 32.3 Å². The van der Waals surface area contributed by atoms with Crippen LogP contribution in [0.3, 0.4) is 0 Å². The molecule has 3 rings (SSSR count). The van der Waals surface area contributed by atoms with Crippen molar-refractivity contribution in [2.24, 2.45) is 0 Å². The zero-order valence-corrected chi connectivity index (χ0v) is 12.4. The lowest BCUT2D eigenvalue weighted by atomic mass is 10.1. The fourth-order valence-electron chi connectivity index (χ4n) is 2.09. The van der Waals surface area contributed by atoms with E-state index in [4.69, 9.17) is 5.11 Å². The standard InChI is InChI=1S/C15H17N5O3/c21-14(22)11-3-1-9(2-4-11)7-16-15(23)17-8-12-18-13(20-19-12)10-5-6-10/h1-4,10H,5-8H2,(H,21,22)(H2,16,17,23)(H,18,19,20). The van der Waals surface area contributed by atoms with Crippen LogP contribution >= 0.6 is 0 Å². The van der Waals surface area contributed by atoms with Gasteiger partial charge in [0.1, 0.15) is 5.82 Å². The van der Waals surface area contributed by atoms with Gasteiger partial charge < -0.3 is 15.7 Å². The maximum atomic E-state index is 11.7. The third kappa shape index (κ3) is 4.06. The zero-order chi connectivity index (χ0) is 16.2. The van der Waals surface area contributed by atoms with Crippen molar-refractivity contribution in [1.29, 1.82) is 0 Å². The minimum Gasteiger partial charge on any atom is -0.478 e. The molecule has 8 heteroatoms. The van der Waals surface area contributed by atoms with Crippen molar-refractivity contribution in [3.8, 4) is 0 Å². The molecule has 1 aromatic heterocycles. The van der Waals surface area contributed by atoms with Gasteiger partial charge >= 0.3 is 12.0 Å². The lowest BCUT2D eigenvalue weighted by Gasteiger charge is -2.06. The Morgan fingerprint density at radius 1 is 1.17 bits per heavy atom. The van der Waals surface area contributed by atoms with E-state index in [1.807, 2.05) is 0 Å².